The molecule has 1 amide bonds. The van der Waals surface area contributed by atoms with Gasteiger partial charge in [0.05, 0.1) is 6.10 Å². The molecule has 1 aromatic carbocycles. The van der Waals surface area contributed by atoms with Gasteiger partial charge in [0.2, 0.25) is 5.91 Å². The molecule has 19 heavy (non-hydrogen) atoms. The van der Waals surface area contributed by atoms with Crippen molar-refractivity contribution in [3.63, 3.8) is 0 Å². The molecule has 5 heteroatoms. The second-order valence-electron chi connectivity index (χ2n) is 4.70. The molecular weight excluding hydrogens is 246 g/mol. The lowest BCUT2D eigenvalue weighted by molar-refractivity contribution is -0.144. The number of ether oxygens (including phenoxy) is 1. The van der Waals surface area contributed by atoms with Crippen molar-refractivity contribution in [3.05, 3.63) is 35.9 Å². The van der Waals surface area contributed by atoms with Gasteiger partial charge in [-0.25, -0.2) is 4.79 Å². The summed E-state index contributed by atoms with van der Waals surface area (Å²) in [6.07, 6.45) is 0.964. The topological polar surface area (TPSA) is 75.6 Å². The lowest BCUT2D eigenvalue weighted by Gasteiger charge is -2.17. The first kappa shape index (κ1) is 13.5. The first-order valence-corrected chi connectivity index (χ1v) is 6.31. The summed E-state index contributed by atoms with van der Waals surface area (Å²) in [4.78, 5) is 23.2. The van der Waals surface area contributed by atoms with E-state index in [2.05, 4.69) is 5.32 Å². The van der Waals surface area contributed by atoms with E-state index in [9.17, 15) is 14.7 Å². The summed E-state index contributed by atoms with van der Waals surface area (Å²) in [5.41, 5.74) is 0.550. The van der Waals surface area contributed by atoms with E-state index in [1.54, 1.807) is 30.3 Å². The molecule has 5 nitrogen and oxygen atoms in total. The van der Waals surface area contributed by atoms with Crippen molar-refractivity contribution in [1.82, 2.24) is 5.32 Å². The summed E-state index contributed by atoms with van der Waals surface area (Å²) in [5.74, 6) is -1.44. The van der Waals surface area contributed by atoms with E-state index in [0.717, 1.165) is 6.42 Å². The maximum Gasteiger partial charge on any atom is 0.330 e. The van der Waals surface area contributed by atoms with E-state index in [-0.39, 0.29) is 12.0 Å². The van der Waals surface area contributed by atoms with Crippen molar-refractivity contribution in [3.8, 4) is 0 Å². The maximum atomic E-state index is 12.0. The number of aliphatic carboxylic acids is 1. The predicted octanol–water partition coefficient (Wildman–Crippen LogP) is 1.50. The number of amides is 1. The summed E-state index contributed by atoms with van der Waals surface area (Å²) >= 11 is 0. The van der Waals surface area contributed by atoms with Gasteiger partial charge in [-0.05, 0) is 25.3 Å². The van der Waals surface area contributed by atoms with Gasteiger partial charge in [-0.15, -0.1) is 0 Å². The number of carboxylic acid groups (broad SMARTS) is 1. The number of benzene rings is 1. The molecule has 0 spiro atoms. The number of rotatable bonds is 4. The lowest BCUT2D eigenvalue weighted by atomic mass is 10.1. The average molecular weight is 263 g/mol. The zero-order valence-corrected chi connectivity index (χ0v) is 10.7. The number of carbonyl (C=O) groups is 2. The number of carboxylic acids is 1. The van der Waals surface area contributed by atoms with Crippen LogP contribution in [0.25, 0.3) is 0 Å². The van der Waals surface area contributed by atoms with Gasteiger partial charge in [0.15, 0.2) is 6.04 Å². The number of hydrogen-bond donors (Lipinski definition) is 2. The van der Waals surface area contributed by atoms with Crippen LogP contribution in [0.2, 0.25) is 0 Å². The fourth-order valence-corrected chi connectivity index (χ4v) is 2.16. The average Bonchev–Trinajstić information content (AvgIpc) is 2.83. The Bertz CT molecular complexity index is 460. The Hall–Kier alpha value is -1.88. The van der Waals surface area contributed by atoms with Gasteiger partial charge >= 0.3 is 5.97 Å². The number of hydrogen-bond acceptors (Lipinski definition) is 3. The molecule has 0 saturated carbocycles. The summed E-state index contributed by atoms with van der Waals surface area (Å²) < 4.78 is 5.43. The molecule has 1 aromatic rings. The SMILES string of the molecule is CC1CCC(C(=O)N[C@@H](C(=O)O)c2ccccc2)O1. The van der Waals surface area contributed by atoms with Crippen LogP contribution >= 0.6 is 0 Å². The monoisotopic (exact) mass is 263 g/mol. The summed E-state index contributed by atoms with van der Waals surface area (Å²) in [6.45, 7) is 1.90. The van der Waals surface area contributed by atoms with Crippen LogP contribution in [0.5, 0.6) is 0 Å². The first-order valence-electron chi connectivity index (χ1n) is 6.31. The second-order valence-corrected chi connectivity index (χ2v) is 4.70. The highest BCUT2D eigenvalue weighted by atomic mass is 16.5. The maximum absolute atomic E-state index is 12.0. The van der Waals surface area contributed by atoms with Crippen molar-refractivity contribution >= 4 is 11.9 Å². The molecule has 1 aliphatic rings. The van der Waals surface area contributed by atoms with Crippen LogP contribution < -0.4 is 5.32 Å². The standard InChI is InChI=1S/C14H17NO4/c1-9-7-8-11(19-9)13(16)15-12(14(17)18)10-5-3-2-4-6-10/h2-6,9,11-12H,7-8H2,1H3,(H,15,16)(H,17,18)/t9?,11?,12-/m1/s1. The molecule has 2 N–H and O–H groups in total. The van der Waals surface area contributed by atoms with Gasteiger partial charge in [0.1, 0.15) is 6.10 Å². The van der Waals surface area contributed by atoms with Gasteiger partial charge in [-0.1, -0.05) is 30.3 Å². The van der Waals surface area contributed by atoms with Gasteiger partial charge in [0, 0.05) is 0 Å². The van der Waals surface area contributed by atoms with E-state index in [4.69, 9.17) is 4.74 Å². The van der Waals surface area contributed by atoms with E-state index in [1.807, 2.05) is 6.92 Å². The molecular formula is C14H17NO4. The van der Waals surface area contributed by atoms with Gasteiger partial charge in [0.25, 0.3) is 0 Å². The van der Waals surface area contributed by atoms with Crippen LogP contribution in [0.1, 0.15) is 31.4 Å². The Balaban J connectivity index is 2.05. The molecule has 0 bridgehead atoms. The first-order chi connectivity index (χ1) is 9.08. The van der Waals surface area contributed by atoms with E-state index >= 15 is 0 Å². The van der Waals surface area contributed by atoms with Crippen LogP contribution in [0.4, 0.5) is 0 Å². The smallest absolute Gasteiger partial charge is 0.330 e. The number of carbonyl (C=O) groups excluding carboxylic acids is 1. The lowest BCUT2D eigenvalue weighted by Crippen LogP contribution is -2.40. The zero-order chi connectivity index (χ0) is 13.8. The minimum Gasteiger partial charge on any atom is -0.479 e. The Labute approximate surface area is 111 Å². The normalized spacial score (nSPS) is 23.8. The molecule has 0 radical (unpaired) electrons. The van der Waals surface area contributed by atoms with Crippen molar-refractivity contribution in [2.75, 3.05) is 0 Å². The van der Waals surface area contributed by atoms with Crippen molar-refractivity contribution < 1.29 is 19.4 Å². The van der Waals surface area contributed by atoms with Gasteiger partial charge < -0.3 is 15.2 Å². The van der Waals surface area contributed by atoms with E-state index < -0.39 is 18.1 Å². The summed E-state index contributed by atoms with van der Waals surface area (Å²) in [5, 5.41) is 11.7. The van der Waals surface area contributed by atoms with Crippen LogP contribution in [-0.2, 0) is 14.3 Å². The Morgan fingerprint density at radius 2 is 2.00 bits per heavy atom. The number of nitrogens with one attached hydrogen (secondary N) is 1. The molecule has 1 fully saturated rings. The molecule has 2 unspecified atom stereocenters. The second kappa shape index (κ2) is 5.84. The molecule has 1 aliphatic heterocycles. The minimum absolute atomic E-state index is 0.0516. The molecule has 3 atom stereocenters. The third-order valence-electron chi connectivity index (χ3n) is 3.19. The summed E-state index contributed by atoms with van der Waals surface area (Å²) in [7, 11) is 0. The van der Waals surface area contributed by atoms with Crippen LogP contribution in [0.15, 0.2) is 30.3 Å². The van der Waals surface area contributed by atoms with Crippen molar-refractivity contribution in [2.45, 2.75) is 38.0 Å². The third-order valence-corrected chi connectivity index (χ3v) is 3.19. The molecule has 1 saturated heterocycles. The molecule has 1 heterocycles. The predicted molar refractivity (Wildman–Crippen MR) is 68.5 cm³/mol. The Morgan fingerprint density at radius 3 is 2.53 bits per heavy atom. The fourth-order valence-electron chi connectivity index (χ4n) is 2.16. The minimum atomic E-state index is -1.08. The highest BCUT2D eigenvalue weighted by Gasteiger charge is 2.31. The third kappa shape index (κ3) is 3.32. The van der Waals surface area contributed by atoms with E-state index in [0.29, 0.717) is 12.0 Å². The molecule has 102 valence electrons. The highest BCUT2D eigenvalue weighted by Crippen LogP contribution is 2.20. The molecule has 2 rings (SSSR count). The molecule has 0 aromatic heterocycles. The van der Waals surface area contributed by atoms with Gasteiger partial charge in [-0.2, -0.15) is 0 Å². The fraction of sp³-hybridized carbons (Fsp3) is 0.429. The largest absolute Gasteiger partial charge is 0.479 e. The molecule has 0 aliphatic carbocycles. The Morgan fingerprint density at radius 1 is 1.32 bits per heavy atom. The highest BCUT2D eigenvalue weighted by molar-refractivity contribution is 5.87. The van der Waals surface area contributed by atoms with Crippen molar-refractivity contribution in [1.29, 1.82) is 0 Å². The van der Waals surface area contributed by atoms with Crippen LogP contribution in [-0.4, -0.2) is 29.2 Å². The van der Waals surface area contributed by atoms with Crippen molar-refractivity contribution in [2.24, 2.45) is 0 Å². The Kier molecular flexibility index (Phi) is 4.16. The van der Waals surface area contributed by atoms with Gasteiger partial charge in [-0.3, -0.25) is 4.79 Å². The zero-order valence-electron chi connectivity index (χ0n) is 10.7. The van der Waals surface area contributed by atoms with E-state index in [1.165, 1.54) is 0 Å². The summed E-state index contributed by atoms with van der Waals surface area (Å²) in [6, 6.07) is 7.60. The quantitative estimate of drug-likeness (QED) is 0.863. The van der Waals surface area contributed by atoms with Crippen LogP contribution in [0, 0.1) is 0 Å². The van der Waals surface area contributed by atoms with Crippen LogP contribution in [0.3, 0.4) is 0 Å².